The van der Waals surface area contributed by atoms with E-state index in [4.69, 9.17) is 18.5 Å². The third kappa shape index (κ3) is 6.68. The summed E-state index contributed by atoms with van der Waals surface area (Å²) in [5.41, 5.74) is -1.56. The van der Waals surface area contributed by atoms with Crippen LogP contribution in [0.5, 0.6) is 5.75 Å². The number of carbonyl (C=O) groups is 1. The van der Waals surface area contributed by atoms with Crippen LogP contribution < -0.4 is 14.5 Å². The highest BCUT2D eigenvalue weighted by atomic mass is 31.2. The largest absolute Gasteiger partial charge is 0.462 e. The number of alkyl halides is 1. The van der Waals surface area contributed by atoms with E-state index in [9.17, 15) is 14.5 Å². The number of hydrogen-bond donors (Lipinski definition) is 2. The third-order valence-electron chi connectivity index (χ3n) is 6.34. The zero-order valence-electron chi connectivity index (χ0n) is 24.0. The highest BCUT2D eigenvalue weighted by Crippen LogP contribution is 2.48. The van der Waals surface area contributed by atoms with Crippen molar-refractivity contribution in [2.75, 3.05) is 25.6 Å². The molecule has 4 rings (SSSR count). The number of imidazole rings is 1. The van der Waals surface area contributed by atoms with Gasteiger partial charge in [-0.25, -0.2) is 23.9 Å². The second kappa shape index (κ2) is 12.0. The van der Waals surface area contributed by atoms with E-state index < -0.39 is 56.6 Å². The maximum absolute atomic E-state index is 16.1. The summed E-state index contributed by atoms with van der Waals surface area (Å²) in [6, 6.07) is 7.11. The fraction of sp³-hybridized carbons (Fsp3) is 0.538. The third-order valence-corrected chi connectivity index (χ3v) is 7.99. The van der Waals surface area contributed by atoms with E-state index in [1.807, 2.05) is 0 Å². The summed E-state index contributed by atoms with van der Waals surface area (Å²) in [5.74, 6) is 0.512. The van der Waals surface area contributed by atoms with Crippen molar-refractivity contribution < 1.29 is 37.4 Å². The van der Waals surface area contributed by atoms with E-state index in [2.05, 4.69) is 20.0 Å². The molecule has 0 spiro atoms. The van der Waals surface area contributed by atoms with Gasteiger partial charge in [0, 0.05) is 14.1 Å². The monoisotopic (exact) mass is 594 g/mol. The number of fused-ring (bicyclic) bond motifs is 1. The molecule has 15 heteroatoms. The van der Waals surface area contributed by atoms with Crippen molar-refractivity contribution in [3.8, 4) is 5.75 Å². The fourth-order valence-corrected chi connectivity index (χ4v) is 5.85. The van der Waals surface area contributed by atoms with Gasteiger partial charge in [-0.15, -0.1) is 0 Å². The number of aliphatic hydroxyl groups excluding tert-OH is 1. The van der Waals surface area contributed by atoms with Gasteiger partial charge in [0.25, 0.3) is 0 Å². The summed E-state index contributed by atoms with van der Waals surface area (Å²) in [4.78, 5) is 27.3. The van der Waals surface area contributed by atoms with Gasteiger partial charge in [0.2, 0.25) is 0 Å². The first-order valence-corrected chi connectivity index (χ1v) is 14.6. The minimum Gasteiger partial charge on any atom is -0.462 e. The van der Waals surface area contributed by atoms with Gasteiger partial charge in [-0.3, -0.25) is 13.9 Å². The molecule has 3 heterocycles. The standard InChI is InChI=1S/C26H36FN6O7P/c1-15(2)38-24(35)16(3)31-41(36,40-18-11-9-8-10-12-18)37-13-19-21(34)26(5,27)25(39-19)33-14-28-20-22(32(6)7)29-17(4)30-23(20)33/h8-12,14-16,19,21,25,34H,13H2,1-7H3,(H,31,36)/t16-,19-,21-,25-,26-,41-/m1/s1. The van der Waals surface area contributed by atoms with Crippen molar-refractivity contribution in [1.29, 1.82) is 0 Å². The first-order valence-electron chi connectivity index (χ1n) is 13.1. The number of carbonyl (C=O) groups excluding carboxylic acids is 1. The smallest absolute Gasteiger partial charge is 0.459 e. The topological polar surface area (TPSA) is 150 Å². The zero-order valence-corrected chi connectivity index (χ0v) is 24.9. The van der Waals surface area contributed by atoms with Crippen LogP contribution in [-0.4, -0.2) is 81.3 Å². The zero-order chi connectivity index (χ0) is 30.1. The Kier molecular flexibility index (Phi) is 9.00. The summed E-state index contributed by atoms with van der Waals surface area (Å²) in [5, 5.41) is 13.5. The van der Waals surface area contributed by atoms with Gasteiger partial charge in [-0.1, -0.05) is 18.2 Å². The van der Waals surface area contributed by atoms with Gasteiger partial charge >= 0.3 is 13.7 Å². The van der Waals surface area contributed by atoms with Crippen molar-refractivity contribution in [2.45, 2.75) is 70.9 Å². The maximum atomic E-state index is 16.1. The van der Waals surface area contributed by atoms with Crippen LogP contribution in [0, 0.1) is 6.92 Å². The summed E-state index contributed by atoms with van der Waals surface area (Å²) in [6.07, 6.45) is -3.32. The minimum absolute atomic E-state index is 0.200. The predicted molar refractivity (Wildman–Crippen MR) is 148 cm³/mol. The first-order chi connectivity index (χ1) is 19.2. The summed E-state index contributed by atoms with van der Waals surface area (Å²) in [7, 11) is -0.665. The highest BCUT2D eigenvalue weighted by molar-refractivity contribution is 7.52. The van der Waals surface area contributed by atoms with Crippen LogP contribution in [0.2, 0.25) is 0 Å². The lowest BCUT2D eigenvalue weighted by Crippen LogP contribution is -2.41. The lowest BCUT2D eigenvalue weighted by atomic mass is 9.98. The molecule has 224 valence electrons. The van der Waals surface area contributed by atoms with Gasteiger partial charge in [0.05, 0.1) is 19.0 Å². The molecule has 2 N–H and O–H groups in total. The van der Waals surface area contributed by atoms with E-state index in [-0.39, 0.29) is 5.75 Å². The average molecular weight is 595 g/mol. The lowest BCUT2D eigenvalue weighted by Gasteiger charge is -2.25. The first kappa shape index (κ1) is 30.8. The van der Waals surface area contributed by atoms with Gasteiger partial charge < -0.3 is 24.0 Å². The van der Waals surface area contributed by atoms with Crippen molar-refractivity contribution in [1.82, 2.24) is 24.6 Å². The van der Waals surface area contributed by atoms with E-state index >= 15 is 4.39 Å². The lowest BCUT2D eigenvalue weighted by molar-refractivity contribution is -0.149. The van der Waals surface area contributed by atoms with Crippen molar-refractivity contribution in [3.05, 3.63) is 42.5 Å². The number of anilines is 1. The van der Waals surface area contributed by atoms with Crippen LogP contribution in [-0.2, 0) is 23.4 Å². The van der Waals surface area contributed by atoms with Gasteiger partial charge in [-0.05, 0) is 46.8 Å². The van der Waals surface area contributed by atoms with E-state index in [0.717, 1.165) is 0 Å². The Bertz CT molecular complexity index is 1420. The number of nitrogens with one attached hydrogen (secondary N) is 1. The molecule has 0 aliphatic carbocycles. The van der Waals surface area contributed by atoms with E-state index in [1.54, 1.807) is 70.1 Å². The maximum Gasteiger partial charge on any atom is 0.459 e. The van der Waals surface area contributed by atoms with Crippen LogP contribution in [0.15, 0.2) is 36.7 Å². The molecular weight excluding hydrogens is 558 g/mol. The highest BCUT2D eigenvalue weighted by Gasteiger charge is 2.56. The molecular formula is C26H36FN6O7P. The van der Waals surface area contributed by atoms with Crippen LogP contribution in [0.25, 0.3) is 11.2 Å². The fourth-order valence-electron chi connectivity index (χ4n) is 4.35. The molecule has 6 atom stereocenters. The molecule has 1 aliphatic heterocycles. The van der Waals surface area contributed by atoms with Gasteiger partial charge in [-0.2, -0.15) is 5.09 Å². The normalized spacial score (nSPS) is 24.8. The van der Waals surface area contributed by atoms with Crippen LogP contribution in [0.1, 0.15) is 39.7 Å². The number of nitrogens with zero attached hydrogens (tertiary/aromatic N) is 5. The number of benzene rings is 1. The second-order valence-corrected chi connectivity index (χ2v) is 12.2. The minimum atomic E-state index is -4.27. The molecule has 13 nitrogen and oxygen atoms in total. The molecule has 0 saturated carbocycles. The van der Waals surface area contributed by atoms with Crippen LogP contribution in [0.3, 0.4) is 0 Å². The van der Waals surface area contributed by atoms with E-state index in [1.165, 1.54) is 24.7 Å². The Balaban J connectivity index is 1.57. The van der Waals surface area contributed by atoms with Crippen molar-refractivity contribution >= 4 is 30.7 Å². The quantitative estimate of drug-likeness (QED) is 0.248. The molecule has 1 fully saturated rings. The molecule has 0 amide bonds. The molecule has 0 bridgehead atoms. The summed E-state index contributed by atoms with van der Waals surface area (Å²) < 4.78 is 53.6. The molecule has 2 aromatic heterocycles. The number of aryl methyl sites for hydroxylation is 1. The molecule has 0 radical (unpaired) electrons. The Labute approximate surface area is 237 Å². The van der Waals surface area contributed by atoms with Gasteiger partial charge in [0.15, 0.2) is 28.9 Å². The molecule has 3 aromatic rings. The summed E-state index contributed by atoms with van der Waals surface area (Å²) >= 11 is 0. The number of hydrogen-bond acceptors (Lipinski definition) is 11. The van der Waals surface area contributed by atoms with Crippen LogP contribution >= 0.6 is 7.75 Å². The SMILES string of the molecule is Cc1nc(N(C)C)c2ncn([C@@H]3O[C@H](CO[P@](=O)(N[C@H](C)C(=O)OC(C)C)Oc4ccccc4)[C@@H](O)[C@@]3(C)F)c2n1. The predicted octanol–water partition coefficient (Wildman–Crippen LogP) is 3.32. The Hall–Kier alpha value is -3.16. The van der Waals surface area contributed by atoms with Crippen LogP contribution in [0.4, 0.5) is 10.2 Å². The number of aromatic nitrogens is 4. The number of halogens is 1. The Morgan fingerprint density at radius 1 is 1.27 bits per heavy atom. The molecule has 1 aromatic carbocycles. The second-order valence-electron chi connectivity index (χ2n) is 10.5. The Morgan fingerprint density at radius 3 is 2.59 bits per heavy atom. The number of para-hydroxylation sites is 1. The average Bonchev–Trinajstić information content (AvgIpc) is 3.40. The number of esters is 1. The molecule has 41 heavy (non-hydrogen) atoms. The van der Waals surface area contributed by atoms with Gasteiger partial charge in [0.1, 0.15) is 29.8 Å². The number of ether oxygens (including phenoxy) is 2. The Morgan fingerprint density at radius 2 is 1.95 bits per heavy atom. The number of rotatable bonds is 11. The summed E-state index contributed by atoms with van der Waals surface area (Å²) in [6.45, 7) is 7.17. The number of aliphatic hydroxyl groups is 1. The van der Waals surface area contributed by atoms with Crippen molar-refractivity contribution in [2.24, 2.45) is 0 Å². The van der Waals surface area contributed by atoms with Crippen molar-refractivity contribution in [3.63, 3.8) is 0 Å². The van der Waals surface area contributed by atoms with E-state index in [0.29, 0.717) is 22.8 Å². The molecule has 0 unspecified atom stereocenters. The molecule has 1 saturated heterocycles. The molecule has 1 aliphatic rings.